The highest BCUT2D eigenvalue weighted by molar-refractivity contribution is 5.69. The van der Waals surface area contributed by atoms with Crippen LogP contribution < -0.4 is 0 Å². The lowest BCUT2D eigenvalue weighted by atomic mass is 10.2. The van der Waals surface area contributed by atoms with E-state index in [1.165, 1.54) is 0 Å². The molecule has 3 N–H and O–H groups in total. The smallest absolute Gasteiger partial charge is 0.317 e. The van der Waals surface area contributed by atoms with E-state index in [1.807, 2.05) is 0 Å². The minimum absolute atomic E-state index is 0.131. The molecular weight excluding hydrogens is 384 g/mol. The van der Waals surface area contributed by atoms with Gasteiger partial charge >= 0.3 is 17.9 Å². The van der Waals surface area contributed by atoms with Crippen LogP contribution in [0.2, 0.25) is 0 Å². The first-order chi connectivity index (χ1) is 13.8. The molecule has 0 aromatic heterocycles. The van der Waals surface area contributed by atoms with Gasteiger partial charge in [0.05, 0.1) is 19.6 Å². The van der Waals surface area contributed by atoms with Gasteiger partial charge in [-0.3, -0.25) is 29.1 Å². The van der Waals surface area contributed by atoms with Gasteiger partial charge in [-0.05, 0) is 13.0 Å². The van der Waals surface area contributed by atoms with Gasteiger partial charge in [-0.15, -0.1) is 0 Å². The molecule has 0 aromatic rings. The lowest BCUT2D eigenvalue weighted by molar-refractivity contribution is -0.140. The molecule has 0 atom stereocenters. The van der Waals surface area contributed by atoms with E-state index in [-0.39, 0.29) is 19.6 Å². The van der Waals surface area contributed by atoms with Crippen LogP contribution in [0.3, 0.4) is 0 Å². The predicted molar refractivity (Wildman–Crippen MR) is 104 cm³/mol. The lowest BCUT2D eigenvalue weighted by Gasteiger charge is -2.33. The molecule has 1 rings (SSSR count). The number of nitrogens with zero attached hydrogens (tertiary/aromatic N) is 4. The Balaban J connectivity index is 2.86. The molecule has 1 heterocycles. The third kappa shape index (κ3) is 12.2. The highest BCUT2D eigenvalue weighted by Gasteiger charge is 2.19. The van der Waals surface area contributed by atoms with Crippen molar-refractivity contribution in [2.24, 2.45) is 0 Å². The molecule has 0 spiro atoms. The van der Waals surface area contributed by atoms with Gasteiger partial charge in [0.2, 0.25) is 0 Å². The van der Waals surface area contributed by atoms with Crippen molar-refractivity contribution in [2.45, 2.75) is 12.8 Å². The number of aldehydes is 1. The highest BCUT2D eigenvalue weighted by atomic mass is 16.4. The molecular formula is C18H32N4O7. The molecule has 1 aliphatic heterocycles. The number of hydrogen-bond acceptors (Lipinski definition) is 8. The Morgan fingerprint density at radius 1 is 0.621 bits per heavy atom. The van der Waals surface area contributed by atoms with Gasteiger partial charge in [0.1, 0.15) is 6.29 Å². The van der Waals surface area contributed by atoms with E-state index < -0.39 is 17.9 Å². The average Bonchev–Trinajstić information content (AvgIpc) is 2.62. The highest BCUT2D eigenvalue weighted by Crippen LogP contribution is 2.02. The maximum Gasteiger partial charge on any atom is 0.317 e. The number of unbranched alkanes of at least 4 members (excludes halogenated alkanes) is 1. The first-order valence-electron chi connectivity index (χ1n) is 9.78. The Kier molecular flexibility index (Phi) is 12.0. The van der Waals surface area contributed by atoms with Crippen molar-refractivity contribution in [1.82, 2.24) is 19.6 Å². The van der Waals surface area contributed by atoms with Crippen molar-refractivity contribution in [3.05, 3.63) is 0 Å². The zero-order chi connectivity index (χ0) is 21.6. The van der Waals surface area contributed by atoms with Crippen molar-refractivity contribution < 1.29 is 34.5 Å². The largest absolute Gasteiger partial charge is 0.480 e. The van der Waals surface area contributed by atoms with Crippen LogP contribution >= 0.6 is 0 Å². The summed E-state index contributed by atoms with van der Waals surface area (Å²) in [5.74, 6) is -2.86. The quantitative estimate of drug-likeness (QED) is 0.281. The molecule has 11 heteroatoms. The summed E-state index contributed by atoms with van der Waals surface area (Å²) in [6.07, 6.45) is 1.99. The standard InChI is InChI=1S/C18H32N4O7/c23-12-2-1-3-19-4-6-20(13-16(24)25)8-10-22(15-18(28)29)11-9-21(7-5-19)14-17(26)27/h12H,1-11,13-15H2,(H,24,25)(H,26,27)(H,28,29). The van der Waals surface area contributed by atoms with E-state index in [0.29, 0.717) is 71.7 Å². The minimum atomic E-state index is -0.979. The van der Waals surface area contributed by atoms with Crippen molar-refractivity contribution in [3.8, 4) is 0 Å². The predicted octanol–water partition coefficient (Wildman–Crippen LogP) is -1.56. The monoisotopic (exact) mass is 416 g/mol. The Morgan fingerprint density at radius 2 is 0.931 bits per heavy atom. The zero-order valence-corrected chi connectivity index (χ0v) is 16.7. The van der Waals surface area contributed by atoms with E-state index in [9.17, 15) is 19.2 Å². The van der Waals surface area contributed by atoms with Crippen molar-refractivity contribution >= 4 is 24.2 Å². The first kappa shape index (κ1) is 25.0. The number of carboxylic acids is 3. The van der Waals surface area contributed by atoms with Crippen LogP contribution in [0.1, 0.15) is 12.8 Å². The number of carboxylic acid groups (broad SMARTS) is 3. The van der Waals surface area contributed by atoms with Gasteiger partial charge in [-0.2, -0.15) is 0 Å². The third-order valence-corrected chi connectivity index (χ3v) is 4.80. The second-order valence-electron chi connectivity index (χ2n) is 7.16. The Hall–Kier alpha value is -2.08. The minimum Gasteiger partial charge on any atom is -0.480 e. The van der Waals surface area contributed by atoms with Gasteiger partial charge in [-0.25, -0.2) is 0 Å². The molecule has 11 nitrogen and oxygen atoms in total. The Labute approximate surface area is 170 Å². The fraction of sp³-hybridized carbons (Fsp3) is 0.778. The normalized spacial score (nSPS) is 19.2. The van der Waals surface area contributed by atoms with E-state index in [2.05, 4.69) is 4.90 Å². The van der Waals surface area contributed by atoms with E-state index in [0.717, 1.165) is 6.29 Å². The van der Waals surface area contributed by atoms with Gasteiger partial charge in [0, 0.05) is 58.8 Å². The van der Waals surface area contributed by atoms with Gasteiger partial charge in [0.25, 0.3) is 0 Å². The second-order valence-corrected chi connectivity index (χ2v) is 7.16. The molecule has 0 aromatic carbocycles. The summed E-state index contributed by atoms with van der Waals surface area (Å²) < 4.78 is 0. The molecule has 0 unspecified atom stereocenters. The van der Waals surface area contributed by atoms with E-state index in [4.69, 9.17) is 15.3 Å². The van der Waals surface area contributed by atoms with Crippen LogP contribution in [0, 0.1) is 0 Å². The molecule has 1 fully saturated rings. The molecule has 1 saturated heterocycles. The maximum atomic E-state index is 11.2. The Bertz CT molecular complexity index is 514. The van der Waals surface area contributed by atoms with Crippen molar-refractivity contribution in [1.29, 1.82) is 0 Å². The number of carbonyl (C=O) groups excluding carboxylic acids is 1. The fourth-order valence-electron chi connectivity index (χ4n) is 3.25. The van der Waals surface area contributed by atoms with Gasteiger partial charge in [0.15, 0.2) is 0 Å². The molecule has 29 heavy (non-hydrogen) atoms. The summed E-state index contributed by atoms with van der Waals surface area (Å²) in [6.45, 7) is 3.96. The lowest BCUT2D eigenvalue weighted by Crippen LogP contribution is -2.48. The number of carbonyl (C=O) groups is 4. The maximum absolute atomic E-state index is 11.2. The van der Waals surface area contributed by atoms with Crippen LogP contribution in [0.15, 0.2) is 0 Å². The first-order valence-corrected chi connectivity index (χ1v) is 9.78. The summed E-state index contributed by atoms with van der Waals surface area (Å²) in [6, 6.07) is 0. The molecule has 0 amide bonds. The second kappa shape index (κ2) is 14.0. The van der Waals surface area contributed by atoms with E-state index in [1.54, 1.807) is 14.7 Å². The number of rotatable bonds is 10. The van der Waals surface area contributed by atoms with Gasteiger partial charge < -0.3 is 25.0 Å². The third-order valence-electron chi connectivity index (χ3n) is 4.80. The topological polar surface area (TPSA) is 142 Å². The van der Waals surface area contributed by atoms with Crippen LogP contribution in [0.4, 0.5) is 0 Å². The molecule has 0 radical (unpaired) electrons. The number of aliphatic carboxylic acids is 3. The Morgan fingerprint density at radius 3 is 1.21 bits per heavy atom. The van der Waals surface area contributed by atoms with Crippen LogP contribution in [-0.4, -0.2) is 138 Å². The fourth-order valence-corrected chi connectivity index (χ4v) is 3.25. The molecule has 0 saturated carbocycles. The van der Waals surface area contributed by atoms with Crippen LogP contribution in [-0.2, 0) is 19.2 Å². The van der Waals surface area contributed by atoms with Crippen LogP contribution in [0.5, 0.6) is 0 Å². The SMILES string of the molecule is O=CCCCN1CCN(CC(=O)O)CCN(CC(=O)O)CCN(CC(=O)O)CC1. The van der Waals surface area contributed by atoms with E-state index >= 15 is 0 Å². The van der Waals surface area contributed by atoms with Crippen LogP contribution in [0.25, 0.3) is 0 Å². The molecule has 166 valence electrons. The summed E-state index contributed by atoms with van der Waals surface area (Å²) in [7, 11) is 0. The van der Waals surface area contributed by atoms with Crippen molar-refractivity contribution in [2.75, 3.05) is 78.5 Å². The summed E-state index contributed by atoms with van der Waals surface area (Å²) >= 11 is 0. The average molecular weight is 416 g/mol. The molecule has 0 bridgehead atoms. The number of hydrogen-bond donors (Lipinski definition) is 3. The molecule has 1 aliphatic rings. The van der Waals surface area contributed by atoms with Gasteiger partial charge in [-0.1, -0.05) is 0 Å². The summed E-state index contributed by atoms with van der Waals surface area (Å²) in [5, 5.41) is 27.4. The summed E-state index contributed by atoms with van der Waals surface area (Å²) in [4.78, 5) is 51.5. The summed E-state index contributed by atoms with van der Waals surface area (Å²) in [5.41, 5.74) is 0. The van der Waals surface area contributed by atoms with Crippen molar-refractivity contribution in [3.63, 3.8) is 0 Å². The molecule has 0 aliphatic carbocycles. The zero-order valence-electron chi connectivity index (χ0n) is 16.7.